The standard InChI is InChI=1S/C15H21F3N4O2/c1-14(2,3)21-13(23)22-8-4-5-10(9-22)24-12-19-7-6-11(20-12)15(16,17)18/h6-7,10H,4-5,8-9H2,1-3H3,(H,21,23). The van der Waals surface area contributed by atoms with E-state index in [0.29, 0.717) is 19.4 Å². The van der Waals surface area contributed by atoms with Gasteiger partial charge >= 0.3 is 18.2 Å². The summed E-state index contributed by atoms with van der Waals surface area (Å²) in [6, 6.07) is 0.241. The molecule has 134 valence electrons. The number of hydrogen-bond acceptors (Lipinski definition) is 4. The van der Waals surface area contributed by atoms with Crippen LogP contribution in [0.5, 0.6) is 6.01 Å². The highest BCUT2D eigenvalue weighted by Crippen LogP contribution is 2.28. The molecule has 1 aliphatic rings. The molecule has 1 saturated heterocycles. The van der Waals surface area contributed by atoms with Crippen molar-refractivity contribution in [3.63, 3.8) is 0 Å². The van der Waals surface area contributed by atoms with Gasteiger partial charge in [-0.05, 0) is 39.7 Å². The third kappa shape index (κ3) is 5.24. The van der Waals surface area contributed by atoms with Crippen molar-refractivity contribution < 1.29 is 22.7 Å². The molecular weight excluding hydrogens is 325 g/mol. The minimum Gasteiger partial charge on any atom is -0.458 e. The lowest BCUT2D eigenvalue weighted by Crippen LogP contribution is -2.53. The first-order valence-electron chi connectivity index (χ1n) is 7.68. The van der Waals surface area contributed by atoms with Crippen LogP contribution in [-0.4, -0.2) is 45.6 Å². The molecule has 1 aromatic rings. The summed E-state index contributed by atoms with van der Waals surface area (Å²) < 4.78 is 43.5. The summed E-state index contributed by atoms with van der Waals surface area (Å²) in [7, 11) is 0. The van der Waals surface area contributed by atoms with Gasteiger partial charge in [-0.15, -0.1) is 0 Å². The van der Waals surface area contributed by atoms with Crippen LogP contribution in [0.15, 0.2) is 12.3 Å². The van der Waals surface area contributed by atoms with Crippen molar-refractivity contribution in [3.8, 4) is 6.01 Å². The normalized spacial score (nSPS) is 19.1. The second-order valence-electron chi connectivity index (χ2n) is 6.73. The Labute approximate surface area is 138 Å². The van der Waals surface area contributed by atoms with E-state index in [1.165, 1.54) is 0 Å². The van der Waals surface area contributed by atoms with Gasteiger partial charge in [0, 0.05) is 18.3 Å². The summed E-state index contributed by atoms with van der Waals surface area (Å²) in [4.78, 5) is 20.9. The summed E-state index contributed by atoms with van der Waals surface area (Å²) in [6.45, 7) is 6.48. The number of amides is 2. The predicted molar refractivity (Wildman–Crippen MR) is 80.5 cm³/mol. The fourth-order valence-electron chi connectivity index (χ4n) is 2.32. The van der Waals surface area contributed by atoms with Gasteiger partial charge in [0.05, 0.1) is 6.54 Å². The number of halogens is 3. The maximum atomic E-state index is 12.7. The number of aromatic nitrogens is 2. The molecule has 0 aromatic carbocycles. The predicted octanol–water partition coefficient (Wildman–Crippen LogP) is 2.85. The first-order valence-corrected chi connectivity index (χ1v) is 7.68. The van der Waals surface area contributed by atoms with E-state index in [9.17, 15) is 18.0 Å². The lowest BCUT2D eigenvalue weighted by atomic mass is 10.1. The molecule has 1 N–H and O–H groups in total. The molecule has 1 unspecified atom stereocenters. The molecule has 1 atom stereocenters. The van der Waals surface area contributed by atoms with Crippen LogP contribution >= 0.6 is 0 Å². The average molecular weight is 346 g/mol. The quantitative estimate of drug-likeness (QED) is 0.894. The minimum absolute atomic E-state index is 0.222. The number of ether oxygens (including phenoxy) is 1. The van der Waals surface area contributed by atoms with Gasteiger partial charge < -0.3 is 15.0 Å². The molecule has 0 spiro atoms. The average Bonchev–Trinajstić information content (AvgIpc) is 2.45. The van der Waals surface area contributed by atoms with Crippen LogP contribution in [0.1, 0.15) is 39.3 Å². The second kappa shape index (κ2) is 6.82. The Kier molecular flexibility index (Phi) is 5.19. The Morgan fingerprint density at radius 2 is 2.08 bits per heavy atom. The van der Waals surface area contributed by atoms with Crippen LogP contribution < -0.4 is 10.1 Å². The molecule has 0 radical (unpaired) electrons. The Balaban J connectivity index is 1.99. The molecule has 2 rings (SSSR count). The maximum absolute atomic E-state index is 12.7. The van der Waals surface area contributed by atoms with E-state index >= 15 is 0 Å². The molecule has 1 aliphatic heterocycles. The highest BCUT2D eigenvalue weighted by molar-refractivity contribution is 5.75. The van der Waals surface area contributed by atoms with Crippen molar-refractivity contribution >= 4 is 6.03 Å². The number of urea groups is 1. The summed E-state index contributed by atoms with van der Waals surface area (Å²) in [5.41, 5.74) is -1.42. The van der Waals surface area contributed by atoms with Gasteiger partial charge in [0.1, 0.15) is 6.10 Å². The van der Waals surface area contributed by atoms with Crippen molar-refractivity contribution in [1.82, 2.24) is 20.2 Å². The summed E-state index contributed by atoms with van der Waals surface area (Å²) in [6.07, 6.45) is -2.65. The smallest absolute Gasteiger partial charge is 0.433 e. The monoisotopic (exact) mass is 346 g/mol. The number of piperidine rings is 1. The highest BCUT2D eigenvalue weighted by atomic mass is 19.4. The second-order valence-corrected chi connectivity index (χ2v) is 6.73. The summed E-state index contributed by atoms with van der Waals surface area (Å²) >= 11 is 0. The van der Waals surface area contributed by atoms with Crippen LogP contribution in [0.4, 0.5) is 18.0 Å². The number of carbonyl (C=O) groups excluding carboxylic acids is 1. The zero-order chi connectivity index (χ0) is 18.0. The van der Waals surface area contributed by atoms with Crippen LogP contribution in [0.3, 0.4) is 0 Å². The molecule has 6 nitrogen and oxygen atoms in total. The van der Waals surface area contributed by atoms with Gasteiger partial charge in [0.25, 0.3) is 0 Å². The molecule has 24 heavy (non-hydrogen) atoms. The Hall–Kier alpha value is -2.06. The van der Waals surface area contributed by atoms with Crippen molar-refractivity contribution in [2.24, 2.45) is 0 Å². The van der Waals surface area contributed by atoms with Gasteiger partial charge in [-0.2, -0.15) is 18.2 Å². The van der Waals surface area contributed by atoms with Gasteiger partial charge in [-0.1, -0.05) is 0 Å². The largest absolute Gasteiger partial charge is 0.458 e. The van der Waals surface area contributed by atoms with Gasteiger partial charge in [-0.25, -0.2) is 9.78 Å². The molecular formula is C15H21F3N4O2. The number of nitrogens with zero attached hydrogens (tertiary/aromatic N) is 3. The van der Waals surface area contributed by atoms with E-state index in [0.717, 1.165) is 12.3 Å². The number of hydrogen-bond donors (Lipinski definition) is 1. The van der Waals surface area contributed by atoms with E-state index in [1.54, 1.807) is 4.90 Å². The molecule has 1 aromatic heterocycles. The van der Waals surface area contributed by atoms with E-state index in [1.807, 2.05) is 20.8 Å². The lowest BCUT2D eigenvalue weighted by Gasteiger charge is -2.34. The number of rotatable bonds is 2. The van der Waals surface area contributed by atoms with E-state index in [2.05, 4.69) is 15.3 Å². The molecule has 0 saturated carbocycles. The van der Waals surface area contributed by atoms with Crippen LogP contribution in [0.2, 0.25) is 0 Å². The van der Waals surface area contributed by atoms with Crippen molar-refractivity contribution in [2.75, 3.05) is 13.1 Å². The Bertz CT molecular complexity index is 587. The maximum Gasteiger partial charge on any atom is 0.433 e. The van der Waals surface area contributed by atoms with E-state index in [-0.39, 0.29) is 24.1 Å². The fraction of sp³-hybridized carbons (Fsp3) is 0.667. The van der Waals surface area contributed by atoms with Crippen molar-refractivity contribution in [1.29, 1.82) is 0 Å². The molecule has 9 heteroatoms. The summed E-state index contributed by atoms with van der Waals surface area (Å²) in [5, 5.41) is 2.85. The van der Waals surface area contributed by atoms with Crippen LogP contribution in [0.25, 0.3) is 0 Å². The summed E-state index contributed by atoms with van der Waals surface area (Å²) in [5.74, 6) is 0. The Morgan fingerprint density at radius 3 is 2.71 bits per heavy atom. The SMILES string of the molecule is CC(C)(C)NC(=O)N1CCCC(Oc2nccc(C(F)(F)F)n2)C1. The van der Waals surface area contributed by atoms with Crippen molar-refractivity contribution in [2.45, 2.75) is 51.4 Å². The molecule has 0 bridgehead atoms. The van der Waals surface area contributed by atoms with Gasteiger partial charge in [-0.3, -0.25) is 0 Å². The number of likely N-dealkylation sites (tertiary alicyclic amines) is 1. The van der Waals surface area contributed by atoms with Crippen LogP contribution in [0, 0.1) is 0 Å². The fourth-order valence-corrected chi connectivity index (χ4v) is 2.32. The number of nitrogens with one attached hydrogen (secondary N) is 1. The molecule has 2 heterocycles. The molecule has 0 aliphatic carbocycles. The topological polar surface area (TPSA) is 67.4 Å². The number of carbonyl (C=O) groups is 1. The first kappa shape index (κ1) is 18.3. The molecule has 1 fully saturated rings. The van der Waals surface area contributed by atoms with E-state index < -0.39 is 18.0 Å². The number of alkyl halides is 3. The Morgan fingerprint density at radius 1 is 1.38 bits per heavy atom. The zero-order valence-corrected chi connectivity index (χ0v) is 13.9. The van der Waals surface area contributed by atoms with E-state index in [4.69, 9.17) is 4.74 Å². The lowest BCUT2D eigenvalue weighted by molar-refractivity contribution is -0.141. The first-order chi connectivity index (χ1) is 11.0. The minimum atomic E-state index is -4.55. The van der Waals surface area contributed by atoms with Crippen molar-refractivity contribution in [3.05, 3.63) is 18.0 Å². The highest BCUT2D eigenvalue weighted by Gasteiger charge is 2.33. The van der Waals surface area contributed by atoms with Gasteiger partial charge in [0.2, 0.25) is 0 Å². The molecule has 2 amide bonds. The van der Waals surface area contributed by atoms with Crippen LogP contribution in [-0.2, 0) is 6.18 Å². The third-order valence-corrected chi connectivity index (χ3v) is 3.34. The third-order valence-electron chi connectivity index (χ3n) is 3.34. The van der Waals surface area contributed by atoms with Gasteiger partial charge in [0.15, 0.2) is 5.69 Å². The zero-order valence-electron chi connectivity index (χ0n) is 13.9.